The number of aryl methyl sites for hydroxylation is 1. The van der Waals surface area contributed by atoms with Crippen LogP contribution in [0.5, 0.6) is 0 Å². The van der Waals surface area contributed by atoms with Crippen LogP contribution in [0.3, 0.4) is 0 Å². The summed E-state index contributed by atoms with van der Waals surface area (Å²) >= 11 is 0. The zero-order valence-electron chi connectivity index (χ0n) is 9.97. The monoisotopic (exact) mass is 234 g/mol. The zero-order valence-corrected chi connectivity index (χ0v) is 9.97. The minimum atomic E-state index is -0.881. The molecule has 1 saturated heterocycles. The lowest BCUT2D eigenvalue weighted by atomic mass is 9.89. The van der Waals surface area contributed by atoms with Gasteiger partial charge in [-0.15, -0.1) is 0 Å². The number of hydrogen-bond donors (Lipinski definition) is 2. The number of carbonyl (C=O) groups is 1. The second-order valence-corrected chi connectivity index (χ2v) is 4.58. The molecular weight excluding hydrogens is 216 g/mol. The highest BCUT2D eigenvalue weighted by molar-refractivity contribution is 5.66. The van der Waals surface area contributed by atoms with Crippen molar-refractivity contribution in [2.45, 2.75) is 31.8 Å². The summed E-state index contributed by atoms with van der Waals surface area (Å²) in [7, 11) is 0. The first-order valence-electron chi connectivity index (χ1n) is 5.92. The van der Waals surface area contributed by atoms with Crippen molar-refractivity contribution in [3.8, 4) is 0 Å². The molecule has 1 fully saturated rings. The number of amides is 1. The van der Waals surface area contributed by atoms with Crippen molar-refractivity contribution in [1.82, 2.24) is 4.90 Å². The molecule has 0 aromatic heterocycles. The quantitative estimate of drug-likeness (QED) is 0.782. The molecule has 17 heavy (non-hydrogen) atoms. The fourth-order valence-corrected chi connectivity index (χ4v) is 2.56. The molecule has 1 aromatic carbocycles. The number of rotatable bonds is 1. The Morgan fingerprint density at radius 2 is 2.18 bits per heavy atom. The van der Waals surface area contributed by atoms with Gasteiger partial charge in [0.05, 0.1) is 6.04 Å². The van der Waals surface area contributed by atoms with Crippen LogP contribution in [-0.2, 0) is 0 Å². The molecule has 1 aliphatic heterocycles. The number of likely N-dealkylation sites (tertiary alicyclic amines) is 1. The molecule has 3 N–H and O–H groups in total. The van der Waals surface area contributed by atoms with Gasteiger partial charge >= 0.3 is 6.09 Å². The highest BCUT2D eigenvalue weighted by Crippen LogP contribution is 2.31. The molecule has 4 nitrogen and oxygen atoms in total. The summed E-state index contributed by atoms with van der Waals surface area (Å²) in [6, 6.07) is 7.54. The SMILES string of the molecule is Cc1ccccc1C1C(N)CCCN1C(=O)O. The average Bonchev–Trinajstić information content (AvgIpc) is 2.30. The van der Waals surface area contributed by atoms with Crippen LogP contribution in [0, 0.1) is 6.92 Å². The van der Waals surface area contributed by atoms with E-state index in [0.717, 1.165) is 24.0 Å². The van der Waals surface area contributed by atoms with Crippen LogP contribution in [0.1, 0.15) is 30.0 Å². The third-order valence-electron chi connectivity index (χ3n) is 3.43. The number of nitrogens with zero attached hydrogens (tertiary/aromatic N) is 1. The van der Waals surface area contributed by atoms with Gasteiger partial charge in [-0.2, -0.15) is 0 Å². The molecule has 4 heteroatoms. The molecule has 1 heterocycles. The van der Waals surface area contributed by atoms with E-state index in [4.69, 9.17) is 5.73 Å². The van der Waals surface area contributed by atoms with Crippen LogP contribution in [0.25, 0.3) is 0 Å². The lowest BCUT2D eigenvalue weighted by Gasteiger charge is -2.38. The third-order valence-corrected chi connectivity index (χ3v) is 3.43. The van der Waals surface area contributed by atoms with Crippen LogP contribution < -0.4 is 5.73 Å². The molecule has 2 atom stereocenters. The van der Waals surface area contributed by atoms with Crippen molar-refractivity contribution in [2.75, 3.05) is 6.54 Å². The average molecular weight is 234 g/mol. The summed E-state index contributed by atoms with van der Waals surface area (Å²) < 4.78 is 0. The van der Waals surface area contributed by atoms with E-state index in [1.807, 2.05) is 31.2 Å². The van der Waals surface area contributed by atoms with Gasteiger partial charge in [0.1, 0.15) is 0 Å². The Labute approximate surface area is 101 Å². The molecule has 0 spiro atoms. The fourth-order valence-electron chi connectivity index (χ4n) is 2.56. The number of benzene rings is 1. The molecule has 2 rings (SSSR count). The minimum Gasteiger partial charge on any atom is -0.465 e. The number of hydrogen-bond acceptors (Lipinski definition) is 2. The zero-order chi connectivity index (χ0) is 12.4. The van der Waals surface area contributed by atoms with E-state index in [1.165, 1.54) is 4.90 Å². The summed E-state index contributed by atoms with van der Waals surface area (Å²) in [5, 5.41) is 9.25. The second kappa shape index (κ2) is 4.75. The van der Waals surface area contributed by atoms with Crippen molar-refractivity contribution in [2.24, 2.45) is 5.73 Å². The molecule has 1 aromatic rings. The fraction of sp³-hybridized carbons (Fsp3) is 0.462. The first kappa shape index (κ1) is 11.9. The van der Waals surface area contributed by atoms with Crippen LogP contribution in [0.2, 0.25) is 0 Å². The Hall–Kier alpha value is -1.55. The van der Waals surface area contributed by atoms with E-state index in [1.54, 1.807) is 0 Å². The Bertz CT molecular complexity index is 420. The first-order chi connectivity index (χ1) is 8.11. The van der Waals surface area contributed by atoms with Crippen molar-refractivity contribution in [1.29, 1.82) is 0 Å². The number of piperidine rings is 1. The van der Waals surface area contributed by atoms with Gasteiger partial charge < -0.3 is 10.8 Å². The second-order valence-electron chi connectivity index (χ2n) is 4.58. The third kappa shape index (κ3) is 2.26. The minimum absolute atomic E-state index is 0.110. The van der Waals surface area contributed by atoms with Gasteiger partial charge in [0.2, 0.25) is 0 Å². The van der Waals surface area contributed by atoms with Crippen molar-refractivity contribution in [3.63, 3.8) is 0 Å². The largest absolute Gasteiger partial charge is 0.465 e. The van der Waals surface area contributed by atoms with Crippen molar-refractivity contribution < 1.29 is 9.90 Å². The molecule has 0 saturated carbocycles. The lowest BCUT2D eigenvalue weighted by molar-refractivity contribution is 0.0972. The van der Waals surface area contributed by atoms with Crippen LogP contribution >= 0.6 is 0 Å². The van der Waals surface area contributed by atoms with Gasteiger partial charge in [0, 0.05) is 12.6 Å². The van der Waals surface area contributed by atoms with Gasteiger partial charge in [-0.05, 0) is 30.9 Å². The van der Waals surface area contributed by atoms with E-state index in [9.17, 15) is 9.90 Å². The Morgan fingerprint density at radius 1 is 1.47 bits per heavy atom. The van der Waals surface area contributed by atoms with Crippen LogP contribution in [-0.4, -0.2) is 28.7 Å². The predicted octanol–water partition coefficient (Wildman–Crippen LogP) is 2.14. The summed E-state index contributed by atoms with van der Waals surface area (Å²) in [6.45, 7) is 2.57. The topological polar surface area (TPSA) is 66.6 Å². The lowest BCUT2D eigenvalue weighted by Crippen LogP contribution is -2.48. The summed E-state index contributed by atoms with van der Waals surface area (Å²) in [5.74, 6) is 0. The summed E-state index contributed by atoms with van der Waals surface area (Å²) in [6.07, 6.45) is 0.840. The molecular formula is C13H18N2O2. The van der Waals surface area contributed by atoms with Crippen molar-refractivity contribution in [3.05, 3.63) is 35.4 Å². The van der Waals surface area contributed by atoms with Gasteiger partial charge in [0.25, 0.3) is 0 Å². The van der Waals surface area contributed by atoms with E-state index in [0.29, 0.717) is 6.54 Å². The van der Waals surface area contributed by atoms with Gasteiger partial charge in [0.15, 0.2) is 0 Å². The normalized spacial score (nSPS) is 24.7. The Kier molecular flexibility index (Phi) is 3.33. The maximum atomic E-state index is 11.3. The van der Waals surface area contributed by atoms with Crippen molar-refractivity contribution >= 4 is 6.09 Å². The Balaban J connectivity index is 2.38. The molecule has 92 valence electrons. The summed E-state index contributed by atoms with van der Waals surface area (Å²) in [5.41, 5.74) is 8.23. The van der Waals surface area contributed by atoms with Crippen LogP contribution in [0.4, 0.5) is 4.79 Å². The van der Waals surface area contributed by atoms with E-state index >= 15 is 0 Å². The highest BCUT2D eigenvalue weighted by atomic mass is 16.4. The predicted molar refractivity (Wildman–Crippen MR) is 65.9 cm³/mol. The summed E-state index contributed by atoms with van der Waals surface area (Å²) in [4.78, 5) is 12.7. The standard InChI is InChI=1S/C13H18N2O2/c1-9-5-2-3-6-10(9)12-11(14)7-4-8-15(12)13(16)17/h2-3,5-6,11-12H,4,7-8,14H2,1H3,(H,16,17). The molecule has 2 unspecified atom stereocenters. The maximum Gasteiger partial charge on any atom is 0.407 e. The molecule has 1 amide bonds. The number of nitrogens with two attached hydrogens (primary N) is 1. The Morgan fingerprint density at radius 3 is 2.82 bits per heavy atom. The van der Waals surface area contributed by atoms with E-state index < -0.39 is 6.09 Å². The molecule has 0 radical (unpaired) electrons. The van der Waals surface area contributed by atoms with Gasteiger partial charge in [-0.3, -0.25) is 4.90 Å². The first-order valence-corrected chi connectivity index (χ1v) is 5.92. The van der Waals surface area contributed by atoms with Gasteiger partial charge in [-0.1, -0.05) is 24.3 Å². The highest BCUT2D eigenvalue weighted by Gasteiger charge is 2.33. The molecule has 1 aliphatic rings. The van der Waals surface area contributed by atoms with Gasteiger partial charge in [-0.25, -0.2) is 4.79 Å². The molecule has 0 bridgehead atoms. The number of carboxylic acid groups (broad SMARTS) is 1. The maximum absolute atomic E-state index is 11.3. The molecule has 0 aliphatic carbocycles. The van der Waals surface area contributed by atoms with E-state index in [2.05, 4.69) is 0 Å². The van der Waals surface area contributed by atoms with Crippen LogP contribution in [0.15, 0.2) is 24.3 Å². The van der Waals surface area contributed by atoms with E-state index in [-0.39, 0.29) is 12.1 Å². The smallest absolute Gasteiger partial charge is 0.407 e.